The van der Waals surface area contributed by atoms with Crippen molar-refractivity contribution >= 4 is 38.4 Å². The van der Waals surface area contributed by atoms with Crippen LogP contribution >= 0.6 is 11.6 Å². The van der Waals surface area contributed by atoms with Crippen LogP contribution in [-0.2, 0) is 21.2 Å². The largest absolute Gasteiger partial charge is 0.356 e. The number of halogens is 1. The number of nitrogens with zero attached hydrogens (tertiary/aromatic N) is 1. The molecule has 2 aliphatic rings. The number of carbonyl (C=O) groups excluding carboxylic acids is 1. The number of H-pyrrole nitrogens is 1. The summed E-state index contributed by atoms with van der Waals surface area (Å²) in [6, 6.07) is 14.5. The van der Waals surface area contributed by atoms with Crippen molar-refractivity contribution in [1.82, 2.24) is 19.9 Å². The van der Waals surface area contributed by atoms with Crippen LogP contribution in [0.3, 0.4) is 0 Å². The Bertz CT molecular complexity index is 1300. The number of alkyl halides is 1. The number of hydrogen-bond donors (Lipinski definition) is 3. The normalized spacial score (nSPS) is 21.5. The van der Waals surface area contributed by atoms with Crippen molar-refractivity contribution in [2.45, 2.75) is 49.2 Å². The summed E-state index contributed by atoms with van der Waals surface area (Å²) in [5.74, 6) is -0.254. The van der Waals surface area contributed by atoms with Crippen LogP contribution in [0.1, 0.15) is 42.6 Å². The highest BCUT2D eigenvalue weighted by atomic mass is 35.5. The number of piperidine rings is 1. The van der Waals surface area contributed by atoms with E-state index in [4.69, 9.17) is 11.6 Å². The van der Waals surface area contributed by atoms with Crippen LogP contribution < -0.4 is 10.0 Å². The number of sulfonamides is 1. The van der Waals surface area contributed by atoms with Crippen molar-refractivity contribution in [3.05, 3.63) is 65.4 Å². The fraction of sp³-hybridized carbons (Fsp3) is 0.400. The first kappa shape index (κ1) is 23.4. The highest BCUT2D eigenvalue weighted by molar-refractivity contribution is 7.89. The highest BCUT2D eigenvalue weighted by Gasteiger charge is 2.38. The Balaban J connectivity index is 1.52. The molecular weight excluding hydrogens is 472 g/mol. The van der Waals surface area contributed by atoms with E-state index in [9.17, 15) is 13.2 Å². The SMILES string of the molecule is C[C@H]1Cc2c([nH]c3ccccc23)[C@@H](c2ccc(S(=O)(=O)NC3CCNCC3)cc2)N1C(=O)CCl. The highest BCUT2D eigenvalue weighted by Crippen LogP contribution is 2.41. The molecule has 5 rings (SSSR count). The van der Waals surface area contributed by atoms with Gasteiger partial charge in [-0.25, -0.2) is 13.1 Å². The van der Waals surface area contributed by atoms with Gasteiger partial charge in [0.15, 0.2) is 0 Å². The molecule has 2 aromatic carbocycles. The van der Waals surface area contributed by atoms with Gasteiger partial charge in [-0.3, -0.25) is 4.79 Å². The number of nitrogens with one attached hydrogen (secondary N) is 3. The van der Waals surface area contributed by atoms with Crippen LogP contribution in [0.2, 0.25) is 0 Å². The van der Waals surface area contributed by atoms with Gasteiger partial charge in [0, 0.05) is 28.7 Å². The second kappa shape index (κ2) is 9.34. The molecule has 2 atom stereocenters. The quantitative estimate of drug-likeness (QED) is 0.468. The van der Waals surface area contributed by atoms with E-state index in [0.29, 0.717) is 0 Å². The van der Waals surface area contributed by atoms with Gasteiger partial charge in [0.05, 0.1) is 10.9 Å². The molecule has 3 heterocycles. The lowest BCUT2D eigenvalue weighted by Gasteiger charge is -2.40. The number of aromatic nitrogens is 1. The van der Waals surface area contributed by atoms with Gasteiger partial charge in [-0.15, -0.1) is 11.6 Å². The number of amides is 1. The molecule has 0 saturated carbocycles. The van der Waals surface area contributed by atoms with Crippen molar-refractivity contribution in [3.63, 3.8) is 0 Å². The second-order valence-electron chi connectivity index (χ2n) is 9.17. The lowest BCUT2D eigenvalue weighted by atomic mass is 9.88. The standard InChI is InChI=1S/C25H29ClN4O3S/c1-16-14-21-20-4-2-3-5-22(20)28-24(21)25(30(16)23(31)15-26)17-6-8-19(9-7-17)34(32,33)29-18-10-12-27-13-11-18/h2-9,16,18,25,27-29H,10-15H2,1H3/t16-,25+/m0/s1. The summed E-state index contributed by atoms with van der Waals surface area (Å²) < 4.78 is 28.7. The molecule has 180 valence electrons. The summed E-state index contributed by atoms with van der Waals surface area (Å²) in [5, 5.41) is 4.39. The lowest BCUT2D eigenvalue weighted by molar-refractivity contribution is -0.133. The van der Waals surface area contributed by atoms with Crippen molar-refractivity contribution in [3.8, 4) is 0 Å². The third-order valence-electron chi connectivity index (χ3n) is 6.94. The molecule has 1 saturated heterocycles. The minimum Gasteiger partial charge on any atom is -0.356 e. The van der Waals surface area contributed by atoms with Crippen molar-refractivity contribution in [1.29, 1.82) is 0 Å². The summed E-state index contributed by atoms with van der Waals surface area (Å²) >= 11 is 5.99. The predicted molar refractivity (Wildman–Crippen MR) is 134 cm³/mol. The van der Waals surface area contributed by atoms with Gasteiger partial charge >= 0.3 is 0 Å². The van der Waals surface area contributed by atoms with Crippen molar-refractivity contribution < 1.29 is 13.2 Å². The summed E-state index contributed by atoms with van der Waals surface area (Å²) in [6.07, 6.45) is 2.27. The maximum atomic E-state index is 13.0. The first-order valence-electron chi connectivity index (χ1n) is 11.7. The molecule has 0 radical (unpaired) electrons. The van der Waals surface area contributed by atoms with Crippen LogP contribution in [0, 0.1) is 0 Å². The molecule has 1 fully saturated rings. The number of hydrogen-bond acceptors (Lipinski definition) is 4. The van der Waals surface area contributed by atoms with Crippen molar-refractivity contribution in [2.75, 3.05) is 19.0 Å². The number of aromatic amines is 1. The van der Waals surface area contributed by atoms with E-state index in [0.717, 1.165) is 54.5 Å². The van der Waals surface area contributed by atoms with Gasteiger partial charge in [0.1, 0.15) is 5.88 Å². The molecule has 2 aliphatic heterocycles. The molecule has 0 bridgehead atoms. The third kappa shape index (κ3) is 4.24. The zero-order chi connectivity index (χ0) is 23.9. The second-order valence-corrected chi connectivity index (χ2v) is 11.1. The van der Waals surface area contributed by atoms with E-state index < -0.39 is 10.0 Å². The Kier molecular flexibility index (Phi) is 6.41. The van der Waals surface area contributed by atoms with E-state index in [1.54, 1.807) is 12.1 Å². The van der Waals surface area contributed by atoms with E-state index in [1.807, 2.05) is 42.2 Å². The average molecular weight is 501 g/mol. The predicted octanol–water partition coefficient (Wildman–Crippen LogP) is 3.30. The minimum atomic E-state index is -3.62. The third-order valence-corrected chi connectivity index (χ3v) is 8.71. The number of fused-ring (bicyclic) bond motifs is 3. The maximum absolute atomic E-state index is 13.0. The van der Waals surface area contributed by atoms with E-state index >= 15 is 0 Å². The minimum absolute atomic E-state index is 0.0482. The molecule has 1 aromatic heterocycles. The molecule has 34 heavy (non-hydrogen) atoms. The summed E-state index contributed by atoms with van der Waals surface area (Å²) in [5.41, 5.74) is 4.02. The lowest BCUT2D eigenvalue weighted by Crippen LogP contribution is -2.47. The number of benzene rings is 2. The summed E-state index contributed by atoms with van der Waals surface area (Å²) in [4.78, 5) is 18.5. The Hall–Kier alpha value is -2.39. The fourth-order valence-corrected chi connectivity index (χ4v) is 6.75. The van der Waals surface area contributed by atoms with E-state index in [1.165, 1.54) is 5.56 Å². The molecule has 0 unspecified atom stereocenters. The summed E-state index contributed by atoms with van der Waals surface area (Å²) in [6.45, 7) is 3.65. The molecule has 0 aliphatic carbocycles. The van der Waals surface area contributed by atoms with Crippen LogP contribution in [0.5, 0.6) is 0 Å². The molecule has 7 nitrogen and oxygen atoms in total. The molecular formula is C25H29ClN4O3S. The fourth-order valence-electron chi connectivity index (χ4n) is 5.30. The zero-order valence-corrected chi connectivity index (χ0v) is 20.6. The van der Waals surface area contributed by atoms with Gasteiger partial charge in [-0.05, 0) is 68.6 Å². The van der Waals surface area contributed by atoms with Gasteiger partial charge in [0.25, 0.3) is 0 Å². The number of rotatable bonds is 5. The van der Waals surface area contributed by atoms with Gasteiger partial charge in [0.2, 0.25) is 15.9 Å². The molecule has 3 N–H and O–H groups in total. The molecule has 3 aromatic rings. The Labute approximate surface area is 204 Å². The summed E-state index contributed by atoms with van der Waals surface area (Å²) in [7, 11) is -3.62. The first-order valence-corrected chi connectivity index (χ1v) is 13.7. The Morgan fingerprint density at radius 1 is 1.12 bits per heavy atom. The van der Waals surface area contributed by atoms with E-state index in [2.05, 4.69) is 21.1 Å². The van der Waals surface area contributed by atoms with Crippen LogP contribution in [-0.4, -0.2) is 55.3 Å². The monoisotopic (exact) mass is 500 g/mol. The first-order chi connectivity index (χ1) is 16.4. The van der Waals surface area contributed by atoms with Gasteiger partial charge in [-0.2, -0.15) is 0 Å². The van der Waals surface area contributed by atoms with E-state index in [-0.39, 0.29) is 34.8 Å². The van der Waals surface area contributed by atoms with Gasteiger partial charge < -0.3 is 15.2 Å². The van der Waals surface area contributed by atoms with Crippen LogP contribution in [0.15, 0.2) is 53.4 Å². The topological polar surface area (TPSA) is 94.3 Å². The maximum Gasteiger partial charge on any atom is 0.240 e. The van der Waals surface area contributed by atoms with Gasteiger partial charge in [-0.1, -0.05) is 30.3 Å². The average Bonchev–Trinajstić information content (AvgIpc) is 3.21. The number of para-hydroxylation sites is 1. The Morgan fingerprint density at radius 3 is 2.53 bits per heavy atom. The molecule has 0 spiro atoms. The van der Waals surface area contributed by atoms with Crippen molar-refractivity contribution in [2.24, 2.45) is 0 Å². The smallest absolute Gasteiger partial charge is 0.240 e. The van der Waals surface area contributed by atoms with Crippen LogP contribution in [0.25, 0.3) is 10.9 Å². The number of carbonyl (C=O) groups is 1. The molecule has 9 heteroatoms. The van der Waals surface area contributed by atoms with Crippen LogP contribution in [0.4, 0.5) is 0 Å². The Morgan fingerprint density at radius 2 is 1.82 bits per heavy atom. The molecule has 1 amide bonds. The zero-order valence-electron chi connectivity index (χ0n) is 19.1.